The van der Waals surface area contributed by atoms with Gasteiger partial charge >= 0.3 is 0 Å². The second-order valence-electron chi connectivity index (χ2n) is 7.88. The van der Waals surface area contributed by atoms with Crippen LogP contribution in [0, 0.1) is 0 Å². The fourth-order valence-corrected chi connectivity index (χ4v) is 8.88. The zero-order chi connectivity index (χ0) is 22.6. The van der Waals surface area contributed by atoms with Gasteiger partial charge in [0, 0.05) is 20.1 Å². The summed E-state index contributed by atoms with van der Waals surface area (Å²) in [6, 6.07) is 0. The summed E-state index contributed by atoms with van der Waals surface area (Å²) in [5.41, 5.74) is 0. The molecule has 0 aliphatic carbocycles. The number of rotatable bonds is 18. The summed E-state index contributed by atoms with van der Waals surface area (Å²) in [5, 5.41) is 0. The van der Waals surface area contributed by atoms with Gasteiger partial charge in [-0.1, -0.05) is 80.1 Å². The van der Waals surface area contributed by atoms with Crippen LogP contribution in [-0.2, 0) is 24.9 Å². The van der Waals surface area contributed by atoms with Crippen LogP contribution in [0.5, 0.6) is 0 Å². The van der Waals surface area contributed by atoms with Crippen LogP contribution in [0.4, 0.5) is 0 Å². The molecular weight excluding hydrogens is 606 g/mol. The van der Waals surface area contributed by atoms with Crippen molar-refractivity contribution >= 4 is 33.2 Å². The summed E-state index contributed by atoms with van der Waals surface area (Å²) in [4.78, 5) is 8.45. The van der Waals surface area contributed by atoms with Crippen molar-refractivity contribution in [3.05, 3.63) is 0 Å². The van der Waals surface area contributed by atoms with E-state index in [4.69, 9.17) is 4.79 Å². The molecule has 0 amide bonds. The van der Waals surface area contributed by atoms with Crippen molar-refractivity contribution in [2.75, 3.05) is 37.0 Å². The van der Waals surface area contributed by atoms with Gasteiger partial charge in [0.2, 0.25) is 0 Å². The predicted molar refractivity (Wildman–Crippen MR) is 144 cm³/mol. The standard InChI is InChI=1S/2C12H27P.CClO.Ir/c2*1-4-7-10-13(11-8-5-2)12-9-6-3;2-1-3;/h2*4-12H2,1-3H3;;/q;;-1;. The topological polar surface area (TPSA) is 17.1 Å². The third-order valence-electron chi connectivity index (χ3n) is 4.97. The summed E-state index contributed by atoms with van der Waals surface area (Å²) in [7, 11) is 0.843. The molecular formula is C25H54ClIrOP2-. The third kappa shape index (κ3) is 36.8. The van der Waals surface area contributed by atoms with E-state index in [0.29, 0.717) is 15.8 Å². The van der Waals surface area contributed by atoms with Gasteiger partial charge in [-0.05, 0) is 75.5 Å². The molecule has 1 nitrogen and oxygen atoms in total. The first-order valence-corrected chi connectivity index (χ1v) is 16.7. The summed E-state index contributed by atoms with van der Waals surface area (Å²) < 4.78 is 0. The fraction of sp³-hybridized carbons (Fsp3) is 0.960. The molecule has 0 unspecified atom stereocenters. The molecule has 0 bridgehead atoms. The molecule has 0 aliphatic rings. The smallest absolute Gasteiger partial charge is 0 e. The predicted octanol–water partition coefficient (Wildman–Crippen LogP) is 10.0. The Kier molecular flexibility index (Phi) is 48.7. The summed E-state index contributed by atoms with van der Waals surface area (Å²) in [6.45, 7) is 13.9. The second-order valence-corrected chi connectivity index (χ2v) is 13.4. The van der Waals surface area contributed by atoms with E-state index in [-0.39, 0.29) is 20.1 Å². The van der Waals surface area contributed by atoms with Gasteiger partial charge in [0.1, 0.15) is 0 Å². The van der Waals surface area contributed by atoms with Crippen LogP contribution in [0.2, 0.25) is 0 Å². The minimum Gasteiger partial charge on any atom is -0.525 e. The molecule has 30 heavy (non-hydrogen) atoms. The normalized spacial score (nSPS) is 10.0. The van der Waals surface area contributed by atoms with E-state index in [1.165, 1.54) is 77.0 Å². The van der Waals surface area contributed by atoms with E-state index < -0.39 is 0 Å². The van der Waals surface area contributed by atoms with E-state index in [9.17, 15) is 0 Å². The molecule has 0 saturated heterocycles. The third-order valence-corrected chi connectivity index (χ3v) is 10.7. The van der Waals surface area contributed by atoms with Crippen LogP contribution < -0.4 is 0 Å². The first-order valence-electron chi connectivity index (χ1n) is 12.5. The zero-order valence-electron chi connectivity index (χ0n) is 21.2. The van der Waals surface area contributed by atoms with Crippen LogP contribution in [0.1, 0.15) is 119 Å². The van der Waals surface area contributed by atoms with Crippen LogP contribution in [0.15, 0.2) is 0 Å². The SMILES string of the molecule is CCCCP(CCCC)CCCC.CCCCP(CCCC)CCCC.O=[C-]Cl.[Ir]. The molecule has 1 radical (unpaired) electrons. The quantitative estimate of drug-likeness (QED) is 0.0813. The Morgan fingerprint density at radius 3 is 0.733 bits per heavy atom. The Balaban J connectivity index is -0.000000193. The Morgan fingerprint density at radius 1 is 0.500 bits per heavy atom. The Hall–Kier alpha value is 1.47. The van der Waals surface area contributed by atoms with E-state index in [2.05, 4.69) is 53.1 Å². The van der Waals surface area contributed by atoms with Gasteiger partial charge < -0.3 is 16.4 Å². The molecule has 187 valence electrons. The molecule has 0 spiro atoms. The summed E-state index contributed by atoms with van der Waals surface area (Å²) in [5.74, 6) is 0.972. The van der Waals surface area contributed by atoms with Gasteiger partial charge in [0.25, 0.3) is 0 Å². The number of hydrogen-bond acceptors (Lipinski definition) is 1. The number of unbranched alkanes of at least 4 members (excludes halogenated alkanes) is 6. The van der Waals surface area contributed by atoms with E-state index >= 15 is 0 Å². The van der Waals surface area contributed by atoms with Crippen molar-refractivity contribution in [3.8, 4) is 0 Å². The van der Waals surface area contributed by atoms with Gasteiger partial charge in [-0.2, -0.15) is 5.75 Å². The van der Waals surface area contributed by atoms with Crippen molar-refractivity contribution in [2.45, 2.75) is 119 Å². The first-order chi connectivity index (χ1) is 14.1. The van der Waals surface area contributed by atoms with Gasteiger partial charge in [-0.15, -0.1) is 15.8 Å². The van der Waals surface area contributed by atoms with Crippen LogP contribution >= 0.6 is 27.4 Å². The molecule has 0 N–H and O–H groups in total. The van der Waals surface area contributed by atoms with Crippen LogP contribution in [0.25, 0.3) is 0 Å². The van der Waals surface area contributed by atoms with Crippen molar-refractivity contribution in [1.82, 2.24) is 0 Å². The molecule has 0 fully saturated rings. The minimum atomic E-state index is 0. The van der Waals surface area contributed by atoms with E-state index in [1.54, 1.807) is 37.0 Å². The molecule has 0 saturated carbocycles. The monoisotopic (exact) mass is 660 g/mol. The van der Waals surface area contributed by atoms with Gasteiger partial charge in [0.15, 0.2) is 0 Å². The molecule has 0 atom stereocenters. The maximum atomic E-state index is 8.45. The van der Waals surface area contributed by atoms with Gasteiger partial charge in [-0.25, -0.2) is 0 Å². The first kappa shape index (κ1) is 38.7. The molecule has 0 aromatic carbocycles. The Bertz CT molecular complexity index is 222. The maximum absolute atomic E-state index is 8.45. The Labute approximate surface area is 212 Å². The Morgan fingerprint density at radius 2 is 0.633 bits per heavy atom. The number of hydrogen-bond donors (Lipinski definition) is 0. The van der Waals surface area contributed by atoms with Crippen LogP contribution in [0.3, 0.4) is 0 Å². The minimum absolute atomic E-state index is 0. The number of halogens is 1. The molecule has 0 aromatic heterocycles. The zero-order valence-corrected chi connectivity index (χ0v) is 26.2. The van der Waals surface area contributed by atoms with E-state index in [1.807, 2.05) is 0 Å². The molecule has 0 heterocycles. The van der Waals surface area contributed by atoms with Crippen molar-refractivity contribution in [2.24, 2.45) is 0 Å². The molecule has 0 rings (SSSR count). The maximum Gasteiger partial charge on any atom is 0 e. The molecule has 0 aromatic rings. The fourth-order valence-electron chi connectivity index (χ4n) is 2.96. The number of carbonyl (C=O) groups excluding carboxylic acids is 1. The average molecular weight is 660 g/mol. The average Bonchev–Trinajstić information content (AvgIpc) is 2.73. The molecule has 0 aliphatic heterocycles. The van der Waals surface area contributed by atoms with Crippen molar-refractivity contribution < 1.29 is 24.9 Å². The largest absolute Gasteiger partial charge is 0.525 e. The molecule has 5 heteroatoms. The van der Waals surface area contributed by atoms with Crippen molar-refractivity contribution in [3.63, 3.8) is 0 Å². The second kappa shape index (κ2) is 37.8. The summed E-state index contributed by atoms with van der Waals surface area (Å²) in [6.07, 6.45) is 26.4. The van der Waals surface area contributed by atoms with Crippen LogP contribution in [-0.4, -0.2) is 42.7 Å². The summed E-state index contributed by atoms with van der Waals surface area (Å²) >= 11 is 4.19. The van der Waals surface area contributed by atoms with Gasteiger partial charge in [-0.3, -0.25) is 0 Å². The van der Waals surface area contributed by atoms with Crippen molar-refractivity contribution in [1.29, 1.82) is 0 Å². The van der Waals surface area contributed by atoms with Gasteiger partial charge in [0.05, 0.1) is 0 Å². The van der Waals surface area contributed by atoms with E-state index in [0.717, 1.165) is 5.75 Å².